The summed E-state index contributed by atoms with van der Waals surface area (Å²) in [6.07, 6.45) is 0. The van der Waals surface area contributed by atoms with E-state index < -0.39 is 0 Å². The first-order valence-electron chi connectivity index (χ1n) is 9.30. The number of benzene rings is 2. The van der Waals surface area contributed by atoms with Crippen molar-refractivity contribution in [1.82, 2.24) is 9.88 Å². The first-order valence-corrected chi connectivity index (χ1v) is 10.5. The third-order valence-corrected chi connectivity index (χ3v) is 5.95. The Hall–Kier alpha value is -1.86. The number of rotatable bonds is 8. The molecule has 0 unspecified atom stereocenters. The highest BCUT2D eigenvalue weighted by atomic mass is 35.5. The van der Waals surface area contributed by atoms with Crippen molar-refractivity contribution in [2.24, 2.45) is 0 Å². The van der Waals surface area contributed by atoms with Crippen LogP contribution in [0.1, 0.15) is 24.2 Å². The monoisotopic (exact) mass is 453 g/mol. The Morgan fingerprint density at radius 1 is 1.14 bits per heavy atom. The molecule has 0 aliphatic carbocycles. The zero-order chi connectivity index (χ0) is 20.1. The number of thiazole rings is 1. The number of carbonyl (C=O) groups excluding carboxylic acids is 1. The maximum atomic E-state index is 13.3. The number of amides is 1. The number of ether oxygens (including phenoxy) is 1. The molecule has 0 fully saturated rings. The van der Waals surface area contributed by atoms with Gasteiger partial charge in [0.05, 0.1) is 11.8 Å². The van der Waals surface area contributed by atoms with E-state index >= 15 is 0 Å². The van der Waals surface area contributed by atoms with Gasteiger partial charge in [0, 0.05) is 23.7 Å². The molecule has 0 atom stereocenters. The highest BCUT2D eigenvalue weighted by Gasteiger charge is 2.23. The van der Waals surface area contributed by atoms with E-state index in [1.54, 1.807) is 36.3 Å². The molecule has 0 bridgehead atoms. The predicted molar refractivity (Wildman–Crippen MR) is 124 cm³/mol. The standard InChI is InChI=1S/C21H24ClN3O2S.ClH/c1-4-24(5-2)12-13-25(20(26)15-8-6-9-16(22)14-15)21-23-19-17(27-3)10-7-11-18(19)28-21;/h6-11,14H,4-5,12-13H2,1-3H3;1H. The molecular weight excluding hydrogens is 429 g/mol. The summed E-state index contributed by atoms with van der Waals surface area (Å²) in [6, 6.07) is 12.8. The van der Waals surface area contributed by atoms with Crippen LogP contribution in [0.15, 0.2) is 42.5 Å². The highest BCUT2D eigenvalue weighted by molar-refractivity contribution is 7.22. The van der Waals surface area contributed by atoms with Gasteiger partial charge in [-0.1, -0.05) is 48.9 Å². The van der Waals surface area contributed by atoms with E-state index in [4.69, 9.17) is 21.3 Å². The Balaban J connectivity index is 0.00000300. The molecule has 0 saturated carbocycles. The summed E-state index contributed by atoms with van der Waals surface area (Å²) >= 11 is 7.60. The number of nitrogens with zero attached hydrogens (tertiary/aromatic N) is 3. The van der Waals surface area contributed by atoms with E-state index in [2.05, 4.69) is 18.7 Å². The molecule has 8 heteroatoms. The minimum absolute atomic E-state index is 0. The van der Waals surface area contributed by atoms with Crippen LogP contribution in [0, 0.1) is 0 Å². The van der Waals surface area contributed by atoms with Crippen molar-refractivity contribution in [2.45, 2.75) is 13.8 Å². The quantitative estimate of drug-likeness (QED) is 0.459. The number of methoxy groups -OCH3 is 1. The number of anilines is 1. The number of halogens is 2. The van der Waals surface area contributed by atoms with Crippen LogP contribution in [-0.2, 0) is 0 Å². The van der Waals surface area contributed by atoms with E-state index in [0.29, 0.717) is 28.0 Å². The van der Waals surface area contributed by atoms with Crippen molar-refractivity contribution in [1.29, 1.82) is 0 Å². The summed E-state index contributed by atoms with van der Waals surface area (Å²) in [6.45, 7) is 7.43. The third kappa shape index (κ3) is 5.39. The molecule has 0 N–H and O–H groups in total. The van der Waals surface area contributed by atoms with E-state index in [-0.39, 0.29) is 18.3 Å². The molecule has 0 aliphatic rings. The van der Waals surface area contributed by atoms with Crippen LogP contribution in [0.4, 0.5) is 5.13 Å². The van der Waals surface area contributed by atoms with Crippen molar-refractivity contribution in [3.05, 3.63) is 53.1 Å². The zero-order valence-electron chi connectivity index (χ0n) is 16.7. The van der Waals surface area contributed by atoms with Gasteiger partial charge in [-0.2, -0.15) is 0 Å². The average molecular weight is 454 g/mol. The molecule has 5 nitrogen and oxygen atoms in total. The van der Waals surface area contributed by atoms with Gasteiger partial charge in [0.1, 0.15) is 11.3 Å². The fourth-order valence-electron chi connectivity index (χ4n) is 3.03. The number of likely N-dealkylation sites (N-methyl/N-ethyl adjacent to an activating group) is 1. The van der Waals surface area contributed by atoms with Gasteiger partial charge in [0.2, 0.25) is 0 Å². The van der Waals surface area contributed by atoms with Crippen LogP contribution in [0.25, 0.3) is 10.2 Å². The number of fused-ring (bicyclic) bond motifs is 1. The normalized spacial score (nSPS) is 10.8. The zero-order valence-corrected chi connectivity index (χ0v) is 19.1. The van der Waals surface area contributed by atoms with Gasteiger partial charge in [-0.05, 0) is 43.4 Å². The van der Waals surface area contributed by atoms with E-state index in [1.807, 2.05) is 18.2 Å². The topological polar surface area (TPSA) is 45.7 Å². The smallest absolute Gasteiger partial charge is 0.260 e. The second-order valence-electron chi connectivity index (χ2n) is 6.30. The first kappa shape index (κ1) is 23.4. The van der Waals surface area contributed by atoms with Crippen LogP contribution >= 0.6 is 35.3 Å². The lowest BCUT2D eigenvalue weighted by Crippen LogP contribution is -2.38. The maximum absolute atomic E-state index is 13.3. The molecule has 0 spiro atoms. The van der Waals surface area contributed by atoms with E-state index in [0.717, 1.165) is 29.9 Å². The Bertz CT molecular complexity index is 960. The van der Waals surface area contributed by atoms with Crippen LogP contribution in [0.2, 0.25) is 5.02 Å². The summed E-state index contributed by atoms with van der Waals surface area (Å²) in [5, 5.41) is 1.21. The SMILES string of the molecule is CCN(CC)CCN(C(=O)c1cccc(Cl)c1)c1nc2c(OC)cccc2s1.Cl. The minimum atomic E-state index is -0.104. The fraction of sp³-hybridized carbons (Fsp3) is 0.333. The third-order valence-electron chi connectivity index (χ3n) is 4.67. The number of para-hydroxylation sites is 1. The van der Waals surface area contributed by atoms with Gasteiger partial charge in [-0.15, -0.1) is 12.4 Å². The van der Waals surface area contributed by atoms with Crippen LogP contribution in [0.3, 0.4) is 0 Å². The van der Waals surface area contributed by atoms with Gasteiger partial charge in [-0.3, -0.25) is 9.69 Å². The molecule has 0 saturated heterocycles. The second kappa shape index (κ2) is 10.8. The van der Waals surface area contributed by atoms with Crippen LogP contribution in [-0.4, -0.2) is 49.1 Å². The van der Waals surface area contributed by atoms with Crippen LogP contribution < -0.4 is 9.64 Å². The summed E-state index contributed by atoms with van der Waals surface area (Å²) in [4.78, 5) is 22.1. The van der Waals surface area contributed by atoms with Crippen molar-refractivity contribution < 1.29 is 9.53 Å². The predicted octanol–water partition coefficient (Wildman–Crippen LogP) is 5.37. The molecule has 29 heavy (non-hydrogen) atoms. The molecule has 156 valence electrons. The van der Waals surface area contributed by atoms with Crippen molar-refractivity contribution in [3.63, 3.8) is 0 Å². The first-order chi connectivity index (χ1) is 13.6. The lowest BCUT2D eigenvalue weighted by molar-refractivity contribution is 0.0984. The molecule has 1 heterocycles. The summed E-state index contributed by atoms with van der Waals surface area (Å²) in [5.41, 5.74) is 1.33. The maximum Gasteiger partial charge on any atom is 0.260 e. The van der Waals surface area contributed by atoms with Gasteiger partial charge < -0.3 is 9.64 Å². The molecule has 2 aromatic carbocycles. The van der Waals surface area contributed by atoms with E-state index in [9.17, 15) is 4.79 Å². The molecule has 0 radical (unpaired) electrons. The number of aromatic nitrogens is 1. The van der Waals surface area contributed by atoms with Gasteiger partial charge in [-0.25, -0.2) is 4.98 Å². The average Bonchev–Trinajstić information content (AvgIpc) is 3.14. The lowest BCUT2D eigenvalue weighted by Gasteiger charge is -2.24. The molecule has 3 aromatic rings. The molecular formula is C21H25Cl2N3O2S. The Morgan fingerprint density at radius 2 is 1.86 bits per heavy atom. The summed E-state index contributed by atoms with van der Waals surface area (Å²) in [5.74, 6) is 0.603. The van der Waals surface area contributed by atoms with E-state index in [1.165, 1.54) is 11.3 Å². The van der Waals surface area contributed by atoms with Crippen LogP contribution in [0.5, 0.6) is 5.75 Å². The summed E-state index contributed by atoms with van der Waals surface area (Å²) in [7, 11) is 1.63. The number of hydrogen-bond acceptors (Lipinski definition) is 5. The van der Waals surface area contributed by atoms with Crippen molar-refractivity contribution >= 4 is 56.6 Å². The largest absolute Gasteiger partial charge is 0.494 e. The molecule has 1 aromatic heterocycles. The van der Waals surface area contributed by atoms with Gasteiger partial charge >= 0.3 is 0 Å². The Kier molecular flexibility index (Phi) is 8.71. The van der Waals surface area contributed by atoms with Crippen molar-refractivity contribution in [3.8, 4) is 5.75 Å². The number of carbonyl (C=O) groups is 1. The lowest BCUT2D eigenvalue weighted by atomic mass is 10.2. The van der Waals surface area contributed by atoms with Gasteiger partial charge in [0.25, 0.3) is 5.91 Å². The fourth-order valence-corrected chi connectivity index (χ4v) is 4.23. The second-order valence-corrected chi connectivity index (χ2v) is 7.74. The minimum Gasteiger partial charge on any atom is -0.494 e. The van der Waals surface area contributed by atoms with Gasteiger partial charge in [0.15, 0.2) is 5.13 Å². The Labute approximate surface area is 186 Å². The molecule has 0 aliphatic heterocycles. The van der Waals surface area contributed by atoms with Crippen molar-refractivity contribution in [2.75, 3.05) is 38.2 Å². The Morgan fingerprint density at radius 3 is 2.52 bits per heavy atom. The number of hydrogen-bond donors (Lipinski definition) is 0. The highest BCUT2D eigenvalue weighted by Crippen LogP contribution is 2.34. The molecule has 1 amide bonds. The molecule has 3 rings (SSSR count). The summed E-state index contributed by atoms with van der Waals surface area (Å²) < 4.78 is 6.42.